The molecule has 8 nitrogen and oxygen atoms in total. The van der Waals surface area contributed by atoms with Crippen LogP contribution >= 0.6 is 11.6 Å². The van der Waals surface area contributed by atoms with E-state index in [1.807, 2.05) is 0 Å². The van der Waals surface area contributed by atoms with E-state index in [1.165, 1.54) is 10.9 Å². The molecule has 2 aromatic heterocycles. The summed E-state index contributed by atoms with van der Waals surface area (Å²) in [7, 11) is 0. The summed E-state index contributed by atoms with van der Waals surface area (Å²) in [4.78, 5) is 12.4. The van der Waals surface area contributed by atoms with Crippen molar-refractivity contribution in [3.8, 4) is 0 Å². The monoisotopic (exact) mass is 389 g/mol. The van der Waals surface area contributed by atoms with Crippen molar-refractivity contribution < 1.29 is 23.7 Å². The molecule has 2 aliphatic rings. The maximum Gasteiger partial charge on any atom is 0.226 e. The Bertz CT molecular complexity index is 809. The van der Waals surface area contributed by atoms with E-state index in [9.17, 15) is 19.0 Å². The van der Waals surface area contributed by atoms with Gasteiger partial charge in [0.2, 0.25) is 5.28 Å². The number of fused-ring (bicyclic) bond motifs is 1. The van der Waals surface area contributed by atoms with Crippen LogP contribution in [0.2, 0.25) is 5.28 Å². The normalized spacial score (nSPS) is 34.7. The Morgan fingerprint density at radius 3 is 2.77 bits per heavy atom. The maximum absolute atomic E-state index is 13.9. The lowest BCUT2D eigenvalue weighted by atomic mass is 10.1. The minimum atomic E-state index is -1.37. The summed E-state index contributed by atoms with van der Waals surface area (Å²) >= 11 is 5.99. The van der Waals surface area contributed by atoms with Gasteiger partial charge in [0, 0.05) is 0 Å². The number of nitrogens with zero attached hydrogens (tertiary/aromatic N) is 4. The SMILES string of the molecule is O[C@@H]1[C@H](O)[C@@H](CF)O[C@H]1n1cnc2c(NC3CCCC3F)nc(Cl)nc21. The molecule has 2 unspecified atom stereocenters. The molecule has 0 aromatic carbocycles. The second-order valence-corrected chi connectivity index (χ2v) is 6.90. The highest BCUT2D eigenvalue weighted by Gasteiger charge is 2.44. The molecule has 142 valence electrons. The smallest absolute Gasteiger partial charge is 0.226 e. The lowest BCUT2D eigenvalue weighted by molar-refractivity contribution is -0.0409. The van der Waals surface area contributed by atoms with Crippen molar-refractivity contribution in [3.05, 3.63) is 11.6 Å². The Balaban J connectivity index is 1.70. The lowest BCUT2D eigenvalue weighted by Crippen LogP contribution is -2.32. The van der Waals surface area contributed by atoms with Gasteiger partial charge >= 0.3 is 0 Å². The predicted octanol–water partition coefficient (Wildman–Crippen LogP) is 1.37. The van der Waals surface area contributed by atoms with Crippen molar-refractivity contribution in [2.45, 2.75) is 56.0 Å². The predicted molar refractivity (Wildman–Crippen MR) is 88.4 cm³/mol. The molecule has 11 heteroatoms. The summed E-state index contributed by atoms with van der Waals surface area (Å²) < 4.78 is 33.6. The van der Waals surface area contributed by atoms with Gasteiger partial charge in [0.25, 0.3) is 0 Å². The fourth-order valence-electron chi connectivity index (χ4n) is 3.52. The number of anilines is 1. The van der Waals surface area contributed by atoms with Crippen LogP contribution in [0, 0.1) is 0 Å². The molecule has 0 radical (unpaired) electrons. The van der Waals surface area contributed by atoms with Crippen LogP contribution in [0.4, 0.5) is 14.6 Å². The number of aromatic nitrogens is 4. The first-order valence-electron chi connectivity index (χ1n) is 8.38. The minimum absolute atomic E-state index is 0.0924. The molecular formula is C15H18ClF2N5O3. The quantitative estimate of drug-likeness (QED) is 0.678. The largest absolute Gasteiger partial charge is 0.387 e. The van der Waals surface area contributed by atoms with Crippen LogP contribution in [0.1, 0.15) is 25.5 Å². The molecule has 0 spiro atoms. The van der Waals surface area contributed by atoms with Crippen molar-refractivity contribution in [2.24, 2.45) is 0 Å². The van der Waals surface area contributed by atoms with Crippen LogP contribution < -0.4 is 5.32 Å². The Kier molecular flexibility index (Phi) is 4.68. The Morgan fingerprint density at radius 2 is 2.12 bits per heavy atom. The van der Waals surface area contributed by atoms with E-state index in [1.54, 1.807) is 0 Å². The van der Waals surface area contributed by atoms with E-state index >= 15 is 0 Å². The van der Waals surface area contributed by atoms with Gasteiger partial charge in [-0.25, -0.2) is 13.8 Å². The standard InChI is InChI=1S/C15H18ClF2N5O3/c16-15-21-12(20-7-3-1-2-6(7)18)9-13(22-15)23(5-19-9)14-11(25)10(24)8(4-17)26-14/h5-8,10-11,14,24-25H,1-4H2,(H,20,21,22)/t6?,7?,8-,10-,11-,14-/m1/s1. The first-order valence-corrected chi connectivity index (χ1v) is 8.75. The fraction of sp³-hybridized carbons (Fsp3) is 0.667. The molecule has 3 heterocycles. The maximum atomic E-state index is 13.9. The summed E-state index contributed by atoms with van der Waals surface area (Å²) in [5.74, 6) is 0.281. The summed E-state index contributed by atoms with van der Waals surface area (Å²) in [6.45, 7) is -0.941. The third kappa shape index (κ3) is 2.90. The van der Waals surface area contributed by atoms with Crippen molar-refractivity contribution in [2.75, 3.05) is 12.0 Å². The second kappa shape index (κ2) is 6.84. The summed E-state index contributed by atoms with van der Waals surface area (Å²) in [5.41, 5.74) is 0.555. The molecule has 2 fully saturated rings. The van der Waals surface area contributed by atoms with Crippen LogP contribution in [0.15, 0.2) is 6.33 Å². The zero-order valence-corrected chi connectivity index (χ0v) is 14.4. The molecule has 3 N–H and O–H groups in total. The average molecular weight is 390 g/mol. The molecular weight excluding hydrogens is 372 g/mol. The van der Waals surface area contributed by atoms with Gasteiger partial charge in [-0.15, -0.1) is 0 Å². The number of ether oxygens (including phenoxy) is 1. The van der Waals surface area contributed by atoms with E-state index in [0.717, 1.165) is 6.42 Å². The van der Waals surface area contributed by atoms with Crippen molar-refractivity contribution in [3.63, 3.8) is 0 Å². The number of nitrogens with one attached hydrogen (secondary N) is 1. The Hall–Kier alpha value is -1.62. The van der Waals surface area contributed by atoms with Gasteiger partial charge in [0.1, 0.15) is 31.2 Å². The van der Waals surface area contributed by atoms with Gasteiger partial charge in [-0.3, -0.25) is 4.57 Å². The minimum Gasteiger partial charge on any atom is -0.387 e. The van der Waals surface area contributed by atoms with E-state index in [-0.39, 0.29) is 22.8 Å². The van der Waals surface area contributed by atoms with E-state index < -0.39 is 37.4 Å². The van der Waals surface area contributed by atoms with Crippen LogP contribution in [0.25, 0.3) is 11.2 Å². The van der Waals surface area contributed by atoms with Gasteiger partial charge in [0.05, 0.1) is 12.4 Å². The molecule has 0 bridgehead atoms. The summed E-state index contributed by atoms with van der Waals surface area (Å²) in [6, 6.07) is -0.389. The lowest BCUT2D eigenvalue weighted by Gasteiger charge is -2.18. The van der Waals surface area contributed by atoms with Gasteiger partial charge in [-0.2, -0.15) is 9.97 Å². The molecule has 2 aromatic rings. The Labute approximate surface area is 152 Å². The third-order valence-electron chi connectivity index (χ3n) is 4.91. The van der Waals surface area contributed by atoms with E-state index in [0.29, 0.717) is 18.4 Å². The van der Waals surface area contributed by atoms with Crippen molar-refractivity contribution in [1.82, 2.24) is 19.5 Å². The summed E-state index contributed by atoms with van der Waals surface area (Å²) in [6.07, 6.45) is -2.67. The third-order valence-corrected chi connectivity index (χ3v) is 5.08. The number of aliphatic hydroxyl groups is 2. The van der Waals surface area contributed by atoms with Gasteiger partial charge in [-0.05, 0) is 30.9 Å². The highest BCUT2D eigenvalue weighted by molar-refractivity contribution is 6.28. The molecule has 1 saturated heterocycles. The van der Waals surface area contributed by atoms with Crippen LogP contribution in [-0.4, -0.2) is 66.9 Å². The first-order chi connectivity index (χ1) is 12.5. The molecule has 26 heavy (non-hydrogen) atoms. The van der Waals surface area contributed by atoms with Crippen LogP contribution in [0.3, 0.4) is 0 Å². The number of imidazole rings is 1. The van der Waals surface area contributed by atoms with Gasteiger partial charge < -0.3 is 20.3 Å². The first kappa shape index (κ1) is 17.8. The summed E-state index contributed by atoms with van der Waals surface area (Å²) in [5, 5.41) is 23.0. The number of halogens is 3. The number of hydrogen-bond acceptors (Lipinski definition) is 7. The zero-order chi connectivity index (χ0) is 18.4. The van der Waals surface area contributed by atoms with E-state index in [4.69, 9.17) is 16.3 Å². The highest BCUT2D eigenvalue weighted by Crippen LogP contribution is 2.34. The fourth-order valence-corrected chi connectivity index (χ4v) is 3.68. The molecule has 1 aliphatic carbocycles. The van der Waals surface area contributed by atoms with Gasteiger partial charge in [0.15, 0.2) is 23.2 Å². The number of aliphatic hydroxyl groups excluding tert-OH is 2. The molecule has 6 atom stereocenters. The van der Waals surface area contributed by atoms with E-state index in [2.05, 4.69) is 20.3 Å². The molecule has 4 rings (SSSR count). The highest BCUT2D eigenvalue weighted by atomic mass is 35.5. The van der Waals surface area contributed by atoms with Gasteiger partial charge in [-0.1, -0.05) is 0 Å². The van der Waals surface area contributed by atoms with Crippen LogP contribution in [-0.2, 0) is 4.74 Å². The van der Waals surface area contributed by atoms with Crippen LogP contribution in [0.5, 0.6) is 0 Å². The number of rotatable bonds is 4. The topological polar surface area (TPSA) is 105 Å². The number of alkyl halides is 2. The second-order valence-electron chi connectivity index (χ2n) is 6.56. The molecule has 1 aliphatic heterocycles. The Morgan fingerprint density at radius 1 is 1.31 bits per heavy atom. The molecule has 0 amide bonds. The average Bonchev–Trinajstić information content (AvgIpc) is 3.28. The molecule has 1 saturated carbocycles. The number of hydrogen-bond donors (Lipinski definition) is 3. The van der Waals surface area contributed by atoms with Crippen molar-refractivity contribution in [1.29, 1.82) is 0 Å². The zero-order valence-electron chi connectivity index (χ0n) is 13.6. The van der Waals surface area contributed by atoms with Crippen molar-refractivity contribution >= 4 is 28.6 Å².